The predicted molar refractivity (Wildman–Crippen MR) is 90.1 cm³/mol. The molecule has 0 saturated heterocycles. The third kappa shape index (κ3) is 2.58. The van der Waals surface area contributed by atoms with Crippen LogP contribution in [0.4, 0.5) is 5.69 Å². The first-order valence-electron chi connectivity index (χ1n) is 8.13. The largest absolute Gasteiger partial charge is 0.365 e. The van der Waals surface area contributed by atoms with Crippen LogP contribution in [0.25, 0.3) is 0 Å². The zero-order valence-corrected chi connectivity index (χ0v) is 13.8. The minimum atomic E-state index is -0.338. The topological polar surface area (TPSA) is 52.4 Å². The van der Waals surface area contributed by atoms with Crippen LogP contribution in [0.5, 0.6) is 0 Å². The Hall–Kier alpha value is -1.72. The number of fused-ring (bicyclic) bond motifs is 3. The molecule has 0 amide bonds. The molecule has 1 aliphatic carbocycles. The molecule has 0 unspecified atom stereocenters. The van der Waals surface area contributed by atoms with Gasteiger partial charge in [0, 0.05) is 27.8 Å². The second-order valence-corrected chi connectivity index (χ2v) is 7.76. The fourth-order valence-electron chi connectivity index (χ4n) is 3.91. The summed E-state index contributed by atoms with van der Waals surface area (Å²) in [6.07, 6.45) is 4.84. The molecule has 4 nitrogen and oxygen atoms in total. The Morgan fingerprint density at radius 3 is 2.91 bits per heavy atom. The van der Waals surface area contributed by atoms with Crippen LogP contribution < -0.4 is 0 Å². The highest BCUT2D eigenvalue weighted by molar-refractivity contribution is 7.12. The van der Waals surface area contributed by atoms with Crippen molar-refractivity contribution < 1.29 is 9.66 Å². The van der Waals surface area contributed by atoms with Crippen molar-refractivity contribution in [2.75, 3.05) is 0 Å². The molecule has 1 aromatic heterocycles. The number of nitro groups is 1. The second kappa shape index (κ2) is 5.73. The fourth-order valence-corrected chi connectivity index (χ4v) is 5.15. The molecule has 1 fully saturated rings. The second-order valence-electron chi connectivity index (χ2n) is 6.47. The molecule has 1 saturated carbocycles. The van der Waals surface area contributed by atoms with Crippen LogP contribution in [0.3, 0.4) is 0 Å². The number of thiophene rings is 1. The van der Waals surface area contributed by atoms with Gasteiger partial charge in [0.2, 0.25) is 0 Å². The van der Waals surface area contributed by atoms with Crippen molar-refractivity contribution in [2.24, 2.45) is 0 Å². The van der Waals surface area contributed by atoms with Crippen LogP contribution in [-0.2, 0) is 4.74 Å². The summed E-state index contributed by atoms with van der Waals surface area (Å²) in [6.45, 7) is 2.13. The number of nitro benzene ring substituents is 1. The molecule has 4 rings (SSSR count). The van der Waals surface area contributed by atoms with Gasteiger partial charge in [-0.25, -0.2) is 0 Å². The van der Waals surface area contributed by atoms with E-state index in [2.05, 4.69) is 13.0 Å². The molecular formula is C18H19NO3S. The molecule has 2 aromatic rings. The van der Waals surface area contributed by atoms with E-state index in [-0.39, 0.29) is 22.8 Å². The SMILES string of the molecule is Cc1cc2c(s1)[C@@H]1CCCC[C@@H]1O[C@H]2c1cccc([N+](=O)[O-])c1. The first-order chi connectivity index (χ1) is 11.1. The summed E-state index contributed by atoms with van der Waals surface area (Å²) < 4.78 is 6.44. The van der Waals surface area contributed by atoms with Crippen LogP contribution in [0.2, 0.25) is 0 Å². The van der Waals surface area contributed by atoms with Crippen molar-refractivity contribution in [1.29, 1.82) is 0 Å². The van der Waals surface area contributed by atoms with E-state index in [1.807, 2.05) is 17.4 Å². The number of hydrogen-bond donors (Lipinski definition) is 0. The van der Waals surface area contributed by atoms with E-state index in [0.717, 1.165) is 12.0 Å². The number of nitrogens with zero attached hydrogens (tertiary/aromatic N) is 1. The third-order valence-electron chi connectivity index (χ3n) is 4.93. The number of aryl methyl sites for hydroxylation is 1. The van der Waals surface area contributed by atoms with Crippen molar-refractivity contribution in [3.8, 4) is 0 Å². The van der Waals surface area contributed by atoms with Crippen molar-refractivity contribution >= 4 is 17.0 Å². The zero-order chi connectivity index (χ0) is 16.0. The molecule has 0 N–H and O–H groups in total. The summed E-state index contributed by atoms with van der Waals surface area (Å²) in [7, 11) is 0. The lowest BCUT2D eigenvalue weighted by Gasteiger charge is -2.39. The molecule has 5 heteroatoms. The van der Waals surface area contributed by atoms with Crippen molar-refractivity contribution in [1.82, 2.24) is 0 Å². The van der Waals surface area contributed by atoms with Gasteiger partial charge >= 0.3 is 0 Å². The van der Waals surface area contributed by atoms with Gasteiger partial charge in [0.1, 0.15) is 6.10 Å². The Bertz CT molecular complexity index is 754. The maximum Gasteiger partial charge on any atom is 0.269 e. The molecule has 0 bridgehead atoms. The van der Waals surface area contributed by atoms with E-state index >= 15 is 0 Å². The first-order valence-corrected chi connectivity index (χ1v) is 8.95. The van der Waals surface area contributed by atoms with Gasteiger partial charge in [0.05, 0.1) is 11.0 Å². The van der Waals surface area contributed by atoms with Crippen LogP contribution in [0.15, 0.2) is 30.3 Å². The molecule has 23 heavy (non-hydrogen) atoms. The molecule has 0 spiro atoms. The number of non-ortho nitro benzene ring substituents is 1. The van der Waals surface area contributed by atoms with Gasteiger partial charge < -0.3 is 4.74 Å². The van der Waals surface area contributed by atoms with Gasteiger partial charge in [-0.05, 0) is 37.0 Å². The van der Waals surface area contributed by atoms with E-state index in [0.29, 0.717) is 5.92 Å². The molecule has 1 aliphatic heterocycles. The van der Waals surface area contributed by atoms with Crippen LogP contribution >= 0.6 is 11.3 Å². The summed E-state index contributed by atoms with van der Waals surface area (Å²) in [4.78, 5) is 13.5. The Labute approximate surface area is 139 Å². The van der Waals surface area contributed by atoms with Gasteiger partial charge in [-0.2, -0.15) is 0 Å². The quantitative estimate of drug-likeness (QED) is 0.568. The molecule has 1 aromatic carbocycles. The average molecular weight is 329 g/mol. The average Bonchev–Trinajstić information content (AvgIpc) is 2.96. The maximum atomic E-state index is 11.1. The highest BCUT2D eigenvalue weighted by Crippen LogP contribution is 2.50. The maximum absolute atomic E-state index is 11.1. The number of rotatable bonds is 2. The minimum absolute atomic E-state index is 0.130. The lowest BCUT2D eigenvalue weighted by atomic mass is 9.80. The first kappa shape index (κ1) is 14.8. The molecule has 3 atom stereocenters. The van der Waals surface area contributed by atoms with Crippen LogP contribution in [-0.4, -0.2) is 11.0 Å². The zero-order valence-electron chi connectivity index (χ0n) is 13.0. The standard InChI is InChI=1S/C18H19NO3S/c1-11-9-15-17(12-5-4-6-13(10-12)19(20)21)22-16-8-3-2-7-14(16)18(15)23-11/h4-6,9-10,14,16-17H,2-3,7-8H2,1H3/t14-,16+,17+/m1/s1. The summed E-state index contributed by atoms with van der Waals surface area (Å²) >= 11 is 1.87. The minimum Gasteiger partial charge on any atom is -0.365 e. The van der Waals surface area contributed by atoms with Crippen molar-refractivity contribution in [3.05, 3.63) is 61.3 Å². The smallest absolute Gasteiger partial charge is 0.269 e. The van der Waals surface area contributed by atoms with Gasteiger partial charge in [-0.3, -0.25) is 10.1 Å². The van der Waals surface area contributed by atoms with Gasteiger partial charge in [-0.15, -0.1) is 11.3 Å². The predicted octanol–water partition coefficient (Wildman–Crippen LogP) is 5.11. The van der Waals surface area contributed by atoms with Gasteiger partial charge in [0.25, 0.3) is 5.69 Å². The summed E-state index contributed by atoms with van der Waals surface area (Å²) in [5.74, 6) is 0.507. The Morgan fingerprint density at radius 2 is 2.09 bits per heavy atom. The number of hydrogen-bond acceptors (Lipinski definition) is 4. The van der Waals surface area contributed by atoms with E-state index in [1.54, 1.807) is 12.1 Å². The van der Waals surface area contributed by atoms with E-state index in [9.17, 15) is 10.1 Å². The fraction of sp³-hybridized carbons (Fsp3) is 0.444. The van der Waals surface area contributed by atoms with Crippen LogP contribution in [0, 0.1) is 17.0 Å². The van der Waals surface area contributed by atoms with E-state index < -0.39 is 0 Å². The molecule has 2 aliphatic rings. The molecule has 0 radical (unpaired) electrons. The Kier molecular flexibility index (Phi) is 3.70. The monoisotopic (exact) mass is 329 g/mol. The van der Waals surface area contributed by atoms with Crippen LogP contribution in [0.1, 0.15) is 58.6 Å². The Balaban J connectivity index is 1.79. The van der Waals surface area contributed by atoms with E-state index in [4.69, 9.17) is 4.74 Å². The number of benzene rings is 1. The van der Waals surface area contributed by atoms with Gasteiger partial charge in [-0.1, -0.05) is 25.0 Å². The Morgan fingerprint density at radius 1 is 1.26 bits per heavy atom. The van der Waals surface area contributed by atoms with E-state index in [1.165, 1.54) is 40.6 Å². The highest BCUT2D eigenvalue weighted by Gasteiger charge is 2.39. The lowest BCUT2D eigenvalue weighted by Crippen LogP contribution is -2.32. The summed E-state index contributed by atoms with van der Waals surface area (Å²) in [5.41, 5.74) is 2.24. The number of ether oxygens (including phenoxy) is 1. The van der Waals surface area contributed by atoms with Crippen molar-refractivity contribution in [3.63, 3.8) is 0 Å². The normalized spacial score (nSPS) is 26.4. The third-order valence-corrected chi connectivity index (χ3v) is 6.13. The molecule has 120 valence electrons. The van der Waals surface area contributed by atoms with Crippen molar-refractivity contribution in [2.45, 2.75) is 50.7 Å². The summed E-state index contributed by atoms with van der Waals surface area (Å²) in [5, 5.41) is 11.1. The highest BCUT2D eigenvalue weighted by atomic mass is 32.1. The molecule has 2 heterocycles. The molecular weight excluding hydrogens is 310 g/mol. The van der Waals surface area contributed by atoms with Gasteiger partial charge in [0.15, 0.2) is 0 Å². The summed E-state index contributed by atoms with van der Waals surface area (Å²) in [6, 6.07) is 9.09. The lowest BCUT2D eigenvalue weighted by molar-refractivity contribution is -0.385.